The van der Waals surface area contributed by atoms with Gasteiger partial charge in [0.2, 0.25) is 0 Å². The van der Waals surface area contributed by atoms with Crippen molar-refractivity contribution >= 4 is 0 Å². The van der Waals surface area contributed by atoms with E-state index in [2.05, 4.69) is 18.0 Å². The molecule has 0 bridgehead atoms. The average Bonchev–Trinajstić information content (AvgIpc) is 2.38. The van der Waals surface area contributed by atoms with Gasteiger partial charge in [-0.05, 0) is 31.0 Å². The van der Waals surface area contributed by atoms with Gasteiger partial charge in [-0.15, -0.1) is 6.58 Å². The lowest BCUT2D eigenvalue weighted by atomic mass is 9.91. The molecule has 1 aliphatic heterocycles. The summed E-state index contributed by atoms with van der Waals surface area (Å²) >= 11 is 0. The predicted molar refractivity (Wildman–Crippen MR) is 68.8 cm³/mol. The molecule has 0 aromatic heterocycles. The second-order valence-corrected chi connectivity index (χ2v) is 4.18. The minimum absolute atomic E-state index is 0.303. The Balaban J connectivity index is 2.47. The van der Waals surface area contributed by atoms with E-state index in [0.717, 1.165) is 30.9 Å². The molecule has 0 amide bonds. The molecule has 1 unspecified atom stereocenters. The Labute approximate surface area is 102 Å². The monoisotopic (exact) mass is 233 g/mol. The van der Waals surface area contributed by atoms with Crippen molar-refractivity contribution in [1.82, 2.24) is 5.32 Å². The fraction of sp³-hybridized carbons (Fsp3) is 0.429. The number of hydrogen-bond donors (Lipinski definition) is 1. The van der Waals surface area contributed by atoms with Gasteiger partial charge in [-0.1, -0.05) is 6.08 Å². The Hall–Kier alpha value is -1.48. The molecule has 0 saturated carbocycles. The van der Waals surface area contributed by atoms with Crippen LogP contribution in [0.4, 0.5) is 0 Å². The fourth-order valence-corrected chi connectivity index (χ4v) is 2.40. The lowest BCUT2D eigenvalue weighted by Crippen LogP contribution is -2.30. The Morgan fingerprint density at radius 2 is 2.24 bits per heavy atom. The first kappa shape index (κ1) is 12.0. The summed E-state index contributed by atoms with van der Waals surface area (Å²) in [5.74, 6) is 1.76. The third-order valence-electron chi connectivity index (χ3n) is 3.19. The summed E-state index contributed by atoms with van der Waals surface area (Å²) in [4.78, 5) is 0. The van der Waals surface area contributed by atoms with Gasteiger partial charge in [-0.25, -0.2) is 0 Å². The molecule has 1 aromatic carbocycles. The van der Waals surface area contributed by atoms with Crippen LogP contribution in [-0.2, 0) is 6.42 Å². The molecule has 1 aromatic rings. The van der Waals surface area contributed by atoms with Crippen LogP contribution in [0.3, 0.4) is 0 Å². The van der Waals surface area contributed by atoms with E-state index in [1.54, 1.807) is 14.2 Å². The molecule has 1 N–H and O–H groups in total. The Kier molecular flexibility index (Phi) is 3.69. The zero-order chi connectivity index (χ0) is 12.3. The van der Waals surface area contributed by atoms with Crippen molar-refractivity contribution in [3.63, 3.8) is 0 Å². The summed E-state index contributed by atoms with van der Waals surface area (Å²) < 4.78 is 10.8. The van der Waals surface area contributed by atoms with Gasteiger partial charge < -0.3 is 14.8 Å². The number of fused-ring (bicyclic) bond motifs is 1. The van der Waals surface area contributed by atoms with Crippen molar-refractivity contribution in [2.24, 2.45) is 0 Å². The van der Waals surface area contributed by atoms with Crippen LogP contribution in [-0.4, -0.2) is 20.8 Å². The highest BCUT2D eigenvalue weighted by atomic mass is 16.5. The summed E-state index contributed by atoms with van der Waals surface area (Å²) in [6, 6.07) is 4.36. The highest BCUT2D eigenvalue weighted by molar-refractivity contribution is 5.49. The minimum atomic E-state index is 0.303. The molecular weight excluding hydrogens is 214 g/mol. The van der Waals surface area contributed by atoms with Crippen LogP contribution >= 0.6 is 0 Å². The zero-order valence-corrected chi connectivity index (χ0v) is 10.5. The molecule has 0 radical (unpaired) electrons. The van der Waals surface area contributed by atoms with Crippen LogP contribution < -0.4 is 14.8 Å². The highest BCUT2D eigenvalue weighted by Crippen LogP contribution is 2.37. The third-order valence-corrected chi connectivity index (χ3v) is 3.19. The number of nitrogens with one attached hydrogen (secondary N) is 1. The van der Waals surface area contributed by atoms with Crippen molar-refractivity contribution in [2.45, 2.75) is 18.9 Å². The van der Waals surface area contributed by atoms with Gasteiger partial charge in [-0.2, -0.15) is 0 Å². The van der Waals surface area contributed by atoms with Gasteiger partial charge in [-0.3, -0.25) is 0 Å². The van der Waals surface area contributed by atoms with Crippen LogP contribution in [0.15, 0.2) is 24.8 Å². The molecule has 1 atom stereocenters. The molecule has 1 aliphatic rings. The number of ether oxygens (including phenoxy) is 2. The van der Waals surface area contributed by atoms with E-state index in [1.807, 2.05) is 12.1 Å². The van der Waals surface area contributed by atoms with Gasteiger partial charge in [0, 0.05) is 17.7 Å². The second-order valence-electron chi connectivity index (χ2n) is 4.18. The van der Waals surface area contributed by atoms with E-state index >= 15 is 0 Å². The SMILES string of the molecule is C=CCC1NCCc2cc(OC)cc(OC)c21. The lowest BCUT2D eigenvalue weighted by Gasteiger charge is -2.28. The first-order chi connectivity index (χ1) is 8.30. The molecule has 92 valence electrons. The van der Waals surface area contributed by atoms with Crippen molar-refractivity contribution in [3.8, 4) is 11.5 Å². The van der Waals surface area contributed by atoms with Crippen LogP contribution in [0.25, 0.3) is 0 Å². The van der Waals surface area contributed by atoms with E-state index < -0.39 is 0 Å². The molecule has 0 fully saturated rings. The number of hydrogen-bond acceptors (Lipinski definition) is 3. The molecule has 1 heterocycles. The summed E-state index contributed by atoms with van der Waals surface area (Å²) in [6.45, 7) is 4.80. The van der Waals surface area contributed by atoms with Gasteiger partial charge in [0.05, 0.1) is 14.2 Å². The van der Waals surface area contributed by atoms with E-state index in [-0.39, 0.29) is 0 Å². The maximum atomic E-state index is 5.48. The smallest absolute Gasteiger partial charge is 0.127 e. The first-order valence-corrected chi connectivity index (χ1v) is 5.89. The quantitative estimate of drug-likeness (QED) is 0.810. The van der Waals surface area contributed by atoms with Crippen molar-refractivity contribution in [2.75, 3.05) is 20.8 Å². The van der Waals surface area contributed by atoms with Crippen molar-refractivity contribution in [3.05, 3.63) is 35.9 Å². The number of rotatable bonds is 4. The molecule has 0 saturated heterocycles. The number of benzene rings is 1. The summed E-state index contributed by atoms with van der Waals surface area (Å²) in [5, 5.41) is 3.50. The first-order valence-electron chi connectivity index (χ1n) is 5.89. The van der Waals surface area contributed by atoms with Gasteiger partial charge in [0.25, 0.3) is 0 Å². The van der Waals surface area contributed by atoms with Crippen LogP contribution in [0.1, 0.15) is 23.6 Å². The normalized spacial score (nSPS) is 18.4. The summed E-state index contributed by atoms with van der Waals surface area (Å²) in [7, 11) is 3.39. The molecule has 0 spiro atoms. The average molecular weight is 233 g/mol. The van der Waals surface area contributed by atoms with Crippen LogP contribution in [0.5, 0.6) is 11.5 Å². The van der Waals surface area contributed by atoms with E-state index in [1.165, 1.54) is 11.1 Å². The molecule has 2 rings (SSSR count). The minimum Gasteiger partial charge on any atom is -0.497 e. The standard InChI is InChI=1S/C14H19NO2/c1-4-5-12-14-10(6-7-15-12)8-11(16-2)9-13(14)17-3/h4,8-9,12,15H,1,5-7H2,2-3H3. The lowest BCUT2D eigenvalue weighted by molar-refractivity contribution is 0.377. The number of methoxy groups -OCH3 is 2. The molecule has 0 aliphatic carbocycles. The van der Waals surface area contributed by atoms with E-state index in [9.17, 15) is 0 Å². The Bertz CT molecular complexity index is 398. The van der Waals surface area contributed by atoms with Gasteiger partial charge in [0.15, 0.2) is 0 Å². The van der Waals surface area contributed by atoms with E-state index in [4.69, 9.17) is 9.47 Å². The molecule has 3 nitrogen and oxygen atoms in total. The van der Waals surface area contributed by atoms with Crippen molar-refractivity contribution in [1.29, 1.82) is 0 Å². The molecule has 17 heavy (non-hydrogen) atoms. The second kappa shape index (κ2) is 5.23. The topological polar surface area (TPSA) is 30.5 Å². The largest absolute Gasteiger partial charge is 0.497 e. The van der Waals surface area contributed by atoms with Crippen molar-refractivity contribution < 1.29 is 9.47 Å². The highest BCUT2D eigenvalue weighted by Gasteiger charge is 2.23. The van der Waals surface area contributed by atoms with Gasteiger partial charge in [0.1, 0.15) is 11.5 Å². The molecular formula is C14H19NO2. The van der Waals surface area contributed by atoms with Gasteiger partial charge >= 0.3 is 0 Å². The third kappa shape index (κ3) is 2.29. The van der Waals surface area contributed by atoms with Crippen LogP contribution in [0, 0.1) is 0 Å². The summed E-state index contributed by atoms with van der Waals surface area (Å²) in [5.41, 5.74) is 2.56. The predicted octanol–water partition coefficient (Wildman–Crippen LogP) is 2.47. The molecule has 3 heteroatoms. The van der Waals surface area contributed by atoms with E-state index in [0.29, 0.717) is 6.04 Å². The van der Waals surface area contributed by atoms with Crippen LogP contribution in [0.2, 0.25) is 0 Å². The maximum absolute atomic E-state index is 5.48. The zero-order valence-electron chi connectivity index (χ0n) is 10.5. The Morgan fingerprint density at radius 3 is 2.88 bits per heavy atom. The fourth-order valence-electron chi connectivity index (χ4n) is 2.40. The summed E-state index contributed by atoms with van der Waals surface area (Å²) in [6.07, 6.45) is 3.86. The maximum Gasteiger partial charge on any atom is 0.127 e. The Morgan fingerprint density at radius 1 is 1.41 bits per heavy atom.